The predicted octanol–water partition coefficient (Wildman–Crippen LogP) is 2.21. The smallest absolute Gasteiger partial charge is 0.419 e. The predicted molar refractivity (Wildman–Crippen MR) is 102 cm³/mol. The zero-order valence-corrected chi connectivity index (χ0v) is 16.6. The molecule has 5 rings (SSSR count). The number of alkyl halides is 3. The minimum Gasteiger partial charge on any atom is -0.503 e. The summed E-state index contributed by atoms with van der Waals surface area (Å²) in [5.74, 6) is -4.96. The second-order valence-electron chi connectivity index (χ2n) is 7.74. The number of hydrogen-bond acceptors (Lipinski definition) is 7. The largest absolute Gasteiger partial charge is 0.503 e. The molecular weight excluding hydrogens is 439 g/mol. The Kier molecular flexibility index (Phi) is 4.71. The number of nitrogens with one attached hydrogen (secondary N) is 1. The van der Waals surface area contributed by atoms with Gasteiger partial charge in [-0.1, -0.05) is 0 Å². The number of piperazine rings is 1. The summed E-state index contributed by atoms with van der Waals surface area (Å²) in [5, 5.41) is 17.2. The molecule has 8 nitrogen and oxygen atoms in total. The van der Waals surface area contributed by atoms with Crippen molar-refractivity contribution in [2.75, 3.05) is 31.2 Å². The summed E-state index contributed by atoms with van der Waals surface area (Å²) in [6.45, 7) is 2.33. The second-order valence-corrected chi connectivity index (χ2v) is 7.74. The molecule has 13 heteroatoms. The summed E-state index contributed by atoms with van der Waals surface area (Å²) in [6.07, 6.45) is -3.80. The quantitative estimate of drug-likeness (QED) is 0.572. The highest BCUT2D eigenvalue weighted by Crippen LogP contribution is 2.41. The molecule has 32 heavy (non-hydrogen) atoms. The fourth-order valence-corrected chi connectivity index (χ4v) is 4.21. The molecule has 1 aromatic carbocycles. The van der Waals surface area contributed by atoms with Crippen LogP contribution in [0.1, 0.15) is 5.56 Å². The molecular formula is C19H17F5N6O2. The highest BCUT2D eigenvalue weighted by atomic mass is 19.4. The lowest BCUT2D eigenvalue weighted by Crippen LogP contribution is -2.64. The maximum absolute atomic E-state index is 14.6. The van der Waals surface area contributed by atoms with Gasteiger partial charge in [0.25, 0.3) is 0 Å². The number of hydrogen-bond donors (Lipinski definition) is 2. The molecule has 0 saturated carbocycles. The van der Waals surface area contributed by atoms with Crippen LogP contribution in [0.5, 0.6) is 5.75 Å². The van der Waals surface area contributed by atoms with Crippen molar-refractivity contribution in [3.05, 3.63) is 29.5 Å². The maximum Gasteiger partial charge on any atom is 0.419 e. The molecule has 0 amide bonds. The molecule has 0 aliphatic carbocycles. The van der Waals surface area contributed by atoms with Gasteiger partial charge in [0.15, 0.2) is 23.0 Å². The Morgan fingerprint density at radius 1 is 1.16 bits per heavy atom. The van der Waals surface area contributed by atoms with E-state index in [-0.39, 0.29) is 34.9 Å². The van der Waals surface area contributed by atoms with E-state index in [1.54, 1.807) is 0 Å². The number of halogens is 5. The number of morpholine rings is 1. The summed E-state index contributed by atoms with van der Waals surface area (Å²) in [7, 11) is 1.50. The number of phenols is 1. The molecule has 2 saturated heterocycles. The monoisotopic (exact) mass is 456 g/mol. The Morgan fingerprint density at radius 2 is 1.84 bits per heavy atom. The van der Waals surface area contributed by atoms with Gasteiger partial charge in [0.1, 0.15) is 5.69 Å². The average Bonchev–Trinajstić information content (AvgIpc) is 3.06. The Morgan fingerprint density at radius 3 is 2.50 bits per heavy atom. The van der Waals surface area contributed by atoms with Gasteiger partial charge in [-0.25, -0.2) is 18.4 Å². The first-order chi connectivity index (χ1) is 15.2. The van der Waals surface area contributed by atoms with Gasteiger partial charge in [-0.15, -0.1) is 0 Å². The third-order valence-corrected chi connectivity index (χ3v) is 5.70. The van der Waals surface area contributed by atoms with E-state index in [0.29, 0.717) is 32.3 Å². The lowest BCUT2D eigenvalue weighted by atomic mass is 10.0. The van der Waals surface area contributed by atoms with Gasteiger partial charge in [-0.3, -0.25) is 0 Å². The molecule has 3 aromatic rings. The first kappa shape index (κ1) is 20.8. The third kappa shape index (κ3) is 3.14. The van der Waals surface area contributed by atoms with Crippen LogP contribution in [-0.2, 0) is 18.0 Å². The summed E-state index contributed by atoms with van der Waals surface area (Å²) in [4.78, 5) is 10.9. The first-order valence-electron chi connectivity index (χ1n) is 9.72. The van der Waals surface area contributed by atoms with Crippen molar-refractivity contribution < 1.29 is 31.8 Å². The standard InChI is InChI=1S/C19H17F5N6O2/c1-29-17-11(5-26-18(27-17)30-8-3-25-4-9(30)7-32-6-8)15(28-29)10-2-12(19(22,23)24)14(21)16(31)13(10)20/h2,5,8-9,25,31H,3-4,6-7H2,1H3/t8-,9?/m1/s1. The third-order valence-electron chi connectivity index (χ3n) is 5.70. The van der Waals surface area contributed by atoms with Gasteiger partial charge < -0.3 is 20.1 Å². The van der Waals surface area contributed by atoms with Crippen LogP contribution in [-0.4, -0.2) is 63.2 Å². The molecule has 2 aliphatic rings. The number of aryl methyl sites for hydroxylation is 1. The van der Waals surface area contributed by atoms with Crippen LogP contribution in [0.15, 0.2) is 12.3 Å². The van der Waals surface area contributed by atoms with Crippen LogP contribution < -0.4 is 10.2 Å². The van der Waals surface area contributed by atoms with E-state index in [0.717, 1.165) is 0 Å². The Hall–Kier alpha value is -3.06. The molecule has 2 atom stereocenters. The Labute approximate surface area is 177 Å². The number of anilines is 1. The van der Waals surface area contributed by atoms with Gasteiger partial charge in [0.2, 0.25) is 5.95 Å². The number of phenolic OH excluding ortho intramolecular Hbond substituents is 1. The molecule has 4 heterocycles. The minimum atomic E-state index is -5.14. The van der Waals surface area contributed by atoms with E-state index < -0.39 is 34.7 Å². The first-order valence-corrected chi connectivity index (χ1v) is 9.72. The molecule has 0 radical (unpaired) electrons. The van der Waals surface area contributed by atoms with Gasteiger partial charge in [-0.2, -0.15) is 23.3 Å². The molecule has 2 aliphatic heterocycles. The summed E-state index contributed by atoms with van der Waals surface area (Å²) in [6, 6.07) is 0.305. The number of benzene rings is 1. The van der Waals surface area contributed by atoms with Crippen molar-refractivity contribution in [3.63, 3.8) is 0 Å². The van der Waals surface area contributed by atoms with Crippen molar-refractivity contribution in [3.8, 4) is 17.0 Å². The highest BCUT2D eigenvalue weighted by Gasteiger charge is 2.39. The lowest BCUT2D eigenvalue weighted by molar-refractivity contribution is -0.140. The van der Waals surface area contributed by atoms with Gasteiger partial charge in [-0.05, 0) is 6.07 Å². The Balaban J connectivity index is 1.64. The van der Waals surface area contributed by atoms with E-state index in [1.165, 1.54) is 17.9 Å². The van der Waals surface area contributed by atoms with Crippen LogP contribution in [0.3, 0.4) is 0 Å². The second kappa shape index (κ2) is 7.24. The highest BCUT2D eigenvalue weighted by molar-refractivity contribution is 5.91. The summed E-state index contributed by atoms with van der Waals surface area (Å²) >= 11 is 0. The number of ether oxygens (including phenoxy) is 1. The van der Waals surface area contributed by atoms with Gasteiger partial charge in [0, 0.05) is 31.9 Å². The zero-order valence-electron chi connectivity index (χ0n) is 16.6. The van der Waals surface area contributed by atoms with Gasteiger partial charge >= 0.3 is 6.18 Å². The number of fused-ring (bicyclic) bond motifs is 3. The maximum atomic E-state index is 14.6. The van der Waals surface area contributed by atoms with E-state index in [2.05, 4.69) is 20.4 Å². The fourth-order valence-electron chi connectivity index (χ4n) is 4.21. The van der Waals surface area contributed by atoms with Crippen molar-refractivity contribution in [2.45, 2.75) is 18.3 Å². The van der Waals surface area contributed by atoms with Crippen LogP contribution >= 0.6 is 0 Å². The number of rotatable bonds is 2. The molecule has 0 spiro atoms. The number of aromatic hydroxyl groups is 1. The molecule has 1 unspecified atom stereocenters. The van der Waals surface area contributed by atoms with E-state index >= 15 is 0 Å². The molecule has 2 N–H and O–H groups in total. The SMILES string of the molecule is Cn1nc(-c2cc(C(F)(F)F)c(F)c(O)c2F)c2cnc(N3C4CNC[C@@H]3COC4)nc21. The average molecular weight is 456 g/mol. The topological polar surface area (TPSA) is 88.3 Å². The zero-order chi connectivity index (χ0) is 22.8. The van der Waals surface area contributed by atoms with E-state index in [1.807, 2.05) is 4.90 Å². The fraction of sp³-hybridized carbons (Fsp3) is 0.421. The lowest BCUT2D eigenvalue weighted by Gasteiger charge is -2.45. The number of aromatic nitrogens is 4. The molecule has 2 bridgehead atoms. The normalized spacial score (nSPS) is 21.4. The number of nitrogens with zero attached hydrogens (tertiary/aromatic N) is 5. The molecule has 170 valence electrons. The summed E-state index contributed by atoms with van der Waals surface area (Å²) < 4.78 is 74.9. The summed E-state index contributed by atoms with van der Waals surface area (Å²) in [5.41, 5.74) is -2.49. The van der Waals surface area contributed by atoms with E-state index in [4.69, 9.17) is 4.74 Å². The van der Waals surface area contributed by atoms with Crippen LogP contribution in [0.4, 0.5) is 27.9 Å². The van der Waals surface area contributed by atoms with Crippen molar-refractivity contribution in [2.24, 2.45) is 7.05 Å². The van der Waals surface area contributed by atoms with Crippen LogP contribution in [0.2, 0.25) is 0 Å². The Bertz CT molecular complexity index is 1190. The molecule has 2 fully saturated rings. The van der Waals surface area contributed by atoms with E-state index in [9.17, 15) is 27.1 Å². The molecule has 2 aromatic heterocycles. The van der Waals surface area contributed by atoms with Crippen molar-refractivity contribution in [1.82, 2.24) is 25.1 Å². The van der Waals surface area contributed by atoms with Gasteiger partial charge in [0.05, 0.1) is 36.2 Å². The van der Waals surface area contributed by atoms with Crippen LogP contribution in [0, 0.1) is 11.6 Å². The minimum absolute atomic E-state index is 0.00785. The van der Waals surface area contributed by atoms with Crippen molar-refractivity contribution >= 4 is 17.0 Å². The van der Waals surface area contributed by atoms with Crippen LogP contribution in [0.25, 0.3) is 22.3 Å². The van der Waals surface area contributed by atoms with Crippen molar-refractivity contribution in [1.29, 1.82) is 0 Å².